The number of allylic oxidation sites excluding steroid dienone is 3. The third-order valence-corrected chi connectivity index (χ3v) is 13.9. The molecule has 0 aromatic heterocycles. The minimum absolute atomic E-state index is 0.0565. The van der Waals surface area contributed by atoms with Crippen LogP contribution in [-0.2, 0) is 19.1 Å². The van der Waals surface area contributed by atoms with Crippen LogP contribution in [0.1, 0.15) is 113 Å². The Labute approximate surface area is 246 Å². The molecular weight excluding hydrogens is 516 g/mol. The van der Waals surface area contributed by atoms with Gasteiger partial charge < -0.3 is 14.9 Å². The Bertz CT molecular complexity index is 1210. The van der Waals surface area contributed by atoms with Gasteiger partial charge in [-0.25, -0.2) is 4.79 Å². The summed E-state index contributed by atoms with van der Waals surface area (Å²) in [6.07, 6.45) is 10.0. The Balaban J connectivity index is 1.60. The summed E-state index contributed by atoms with van der Waals surface area (Å²) >= 11 is 0. The average molecular weight is 569 g/mol. The van der Waals surface area contributed by atoms with Gasteiger partial charge in [0.1, 0.15) is 17.3 Å². The van der Waals surface area contributed by atoms with Gasteiger partial charge in [0.15, 0.2) is 0 Å². The molecule has 0 heterocycles. The van der Waals surface area contributed by atoms with Crippen LogP contribution in [0.4, 0.5) is 0 Å². The number of aliphatic hydroxyl groups is 1. The molecule has 41 heavy (non-hydrogen) atoms. The molecule has 0 radical (unpaired) electrons. The van der Waals surface area contributed by atoms with Crippen LogP contribution < -0.4 is 0 Å². The summed E-state index contributed by atoms with van der Waals surface area (Å²) in [7, 11) is 0. The van der Waals surface area contributed by atoms with E-state index in [0.717, 1.165) is 38.5 Å². The summed E-state index contributed by atoms with van der Waals surface area (Å²) in [5.41, 5.74) is -0.555. The molecule has 0 aromatic rings. The second-order valence-electron chi connectivity index (χ2n) is 16.1. The molecule has 5 aliphatic rings. The van der Waals surface area contributed by atoms with Gasteiger partial charge in [-0.3, -0.25) is 9.59 Å². The van der Waals surface area contributed by atoms with Crippen molar-refractivity contribution in [3.8, 4) is 0 Å². The summed E-state index contributed by atoms with van der Waals surface area (Å²) in [6, 6.07) is 0. The van der Waals surface area contributed by atoms with Crippen molar-refractivity contribution in [1.82, 2.24) is 0 Å². The normalized spacial score (nSPS) is 47.2. The van der Waals surface area contributed by atoms with Gasteiger partial charge in [0.05, 0.1) is 12.0 Å². The fourth-order valence-electron chi connectivity index (χ4n) is 11.1. The van der Waals surface area contributed by atoms with Crippen LogP contribution in [0.5, 0.6) is 0 Å². The largest absolute Gasteiger partial charge is 0.481 e. The number of carbonyl (C=O) groups is 3. The van der Waals surface area contributed by atoms with Crippen molar-refractivity contribution < 1.29 is 29.3 Å². The molecule has 4 saturated carbocycles. The molecule has 0 saturated heterocycles. The lowest BCUT2D eigenvalue weighted by molar-refractivity contribution is -0.208. The first-order valence-electron chi connectivity index (χ1n) is 15.9. The molecule has 6 heteroatoms. The summed E-state index contributed by atoms with van der Waals surface area (Å²) in [5, 5.41) is 21.4. The minimum atomic E-state index is -1.14. The van der Waals surface area contributed by atoms with Crippen LogP contribution in [0, 0.1) is 50.2 Å². The van der Waals surface area contributed by atoms with E-state index in [2.05, 4.69) is 40.7 Å². The van der Waals surface area contributed by atoms with Gasteiger partial charge in [-0.2, -0.15) is 0 Å². The number of carboxylic acid groups (broad SMARTS) is 1. The van der Waals surface area contributed by atoms with Crippen molar-refractivity contribution in [3.63, 3.8) is 0 Å². The van der Waals surface area contributed by atoms with Crippen molar-refractivity contribution in [2.75, 3.05) is 6.61 Å². The number of hydrogen-bond donors (Lipinski definition) is 2. The molecule has 0 aromatic carbocycles. The number of carbonyl (C=O) groups excluding carboxylic acids is 2. The number of esters is 1. The predicted molar refractivity (Wildman–Crippen MR) is 158 cm³/mol. The van der Waals surface area contributed by atoms with Crippen molar-refractivity contribution >= 4 is 17.7 Å². The van der Waals surface area contributed by atoms with E-state index in [4.69, 9.17) is 4.74 Å². The summed E-state index contributed by atoms with van der Waals surface area (Å²) < 4.78 is 6.12. The zero-order chi connectivity index (χ0) is 30.4. The van der Waals surface area contributed by atoms with Crippen LogP contribution in [0.25, 0.3) is 0 Å². The number of ether oxygens (including phenoxy) is 1. The van der Waals surface area contributed by atoms with Crippen LogP contribution >= 0.6 is 0 Å². The lowest BCUT2D eigenvalue weighted by atomic mass is 9.33. The molecule has 4 fully saturated rings. The number of fused-ring (bicyclic) bond motifs is 7. The highest BCUT2D eigenvalue weighted by molar-refractivity contribution is 5.88. The summed E-state index contributed by atoms with van der Waals surface area (Å²) in [4.78, 5) is 39.5. The van der Waals surface area contributed by atoms with Crippen molar-refractivity contribution in [3.05, 3.63) is 23.3 Å². The molecule has 9 atom stereocenters. The highest BCUT2D eigenvalue weighted by atomic mass is 16.5. The van der Waals surface area contributed by atoms with Crippen LogP contribution in [0.3, 0.4) is 0 Å². The van der Waals surface area contributed by atoms with Gasteiger partial charge in [-0.15, -0.1) is 0 Å². The van der Waals surface area contributed by atoms with Gasteiger partial charge in [-0.1, -0.05) is 59.3 Å². The molecule has 228 valence electrons. The molecule has 0 bridgehead atoms. The first-order chi connectivity index (χ1) is 19.0. The highest BCUT2D eigenvalue weighted by Gasteiger charge is 2.71. The SMILES string of the molecule is C/C=C(\C)C(=O)O[C@@H]1CC(C)(C)C[C@@H]2C3=CC[C@@H]4[C@@]5(C)CCC(=O)[C@](C)(CO)C5CC[C@@]4(C)[C@]3(C)CC[C@]21C(=O)O. The van der Waals surface area contributed by atoms with Crippen LogP contribution in [0.15, 0.2) is 23.3 Å². The molecule has 2 N–H and O–H groups in total. The number of ketones is 1. The second-order valence-corrected chi connectivity index (χ2v) is 16.1. The average Bonchev–Trinajstić information content (AvgIpc) is 2.90. The standard InChI is InChI=1S/C35H52O6/c1-9-21(2)28(38)41-27-19-30(3,4)18-23-22-10-11-25-31(5)14-13-26(37)32(6,20-36)24(31)12-15-34(25,8)33(22,7)16-17-35(23,27)29(39)40/h9-10,23-25,27,36H,11-20H2,1-8H3,(H,39,40)/b21-9+/t23-,24?,25-,27-,31+,32-,33-,34-,35+/m1/s1. The van der Waals surface area contributed by atoms with E-state index >= 15 is 0 Å². The number of carboxylic acids is 1. The Kier molecular flexibility index (Phi) is 7.09. The van der Waals surface area contributed by atoms with Gasteiger partial charge in [0, 0.05) is 17.9 Å². The number of aliphatic hydroxyl groups excluding tert-OH is 1. The molecule has 0 aliphatic heterocycles. The zero-order valence-corrected chi connectivity index (χ0v) is 26.6. The quantitative estimate of drug-likeness (QED) is 0.217. The third-order valence-electron chi connectivity index (χ3n) is 13.9. The number of hydrogen-bond acceptors (Lipinski definition) is 5. The van der Waals surface area contributed by atoms with Gasteiger partial charge in [-0.05, 0) is 98.7 Å². The monoisotopic (exact) mass is 568 g/mol. The Morgan fingerprint density at radius 3 is 2.32 bits per heavy atom. The molecule has 5 aliphatic carbocycles. The summed E-state index contributed by atoms with van der Waals surface area (Å²) in [6.45, 7) is 17.0. The fourth-order valence-corrected chi connectivity index (χ4v) is 11.1. The third kappa shape index (κ3) is 3.94. The van der Waals surface area contributed by atoms with E-state index in [1.165, 1.54) is 5.57 Å². The molecule has 1 unspecified atom stereocenters. The van der Waals surface area contributed by atoms with E-state index in [1.807, 2.05) is 6.92 Å². The van der Waals surface area contributed by atoms with Gasteiger partial charge in [0.2, 0.25) is 0 Å². The molecule has 6 nitrogen and oxygen atoms in total. The molecular formula is C35H52O6. The maximum absolute atomic E-state index is 13.4. The minimum Gasteiger partial charge on any atom is -0.481 e. The van der Waals surface area contributed by atoms with Crippen molar-refractivity contribution in [2.24, 2.45) is 50.2 Å². The van der Waals surface area contributed by atoms with Crippen LogP contribution in [0.2, 0.25) is 0 Å². The maximum atomic E-state index is 13.4. The number of Topliss-reactive ketones (excluding diaryl/α,β-unsaturated/α-hetero) is 1. The van der Waals surface area contributed by atoms with Gasteiger partial charge >= 0.3 is 11.9 Å². The van der Waals surface area contributed by atoms with Crippen molar-refractivity contribution in [2.45, 2.75) is 119 Å². The van der Waals surface area contributed by atoms with E-state index in [-0.39, 0.29) is 45.9 Å². The van der Waals surface area contributed by atoms with Crippen LogP contribution in [-0.4, -0.2) is 40.6 Å². The molecule has 0 spiro atoms. The number of aliphatic carboxylic acids is 1. The van der Waals surface area contributed by atoms with E-state index in [1.54, 1.807) is 19.9 Å². The second kappa shape index (κ2) is 9.53. The van der Waals surface area contributed by atoms with E-state index < -0.39 is 28.9 Å². The van der Waals surface area contributed by atoms with E-state index in [9.17, 15) is 24.6 Å². The Hall–Kier alpha value is -1.95. The highest BCUT2D eigenvalue weighted by Crippen LogP contribution is 2.75. The predicted octanol–water partition coefficient (Wildman–Crippen LogP) is 6.90. The molecule has 5 rings (SSSR count). The summed E-state index contributed by atoms with van der Waals surface area (Å²) in [5.74, 6) is -0.772. The maximum Gasteiger partial charge on any atom is 0.333 e. The van der Waals surface area contributed by atoms with Crippen molar-refractivity contribution in [1.29, 1.82) is 0 Å². The fraction of sp³-hybridized carbons (Fsp3) is 0.800. The smallest absolute Gasteiger partial charge is 0.333 e. The lowest BCUT2D eigenvalue weighted by Gasteiger charge is -2.70. The Morgan fingerprint density at radius 2 is 1.71 bits per heavy atom. The van der Waals surface area contributed by atoms with E-state index in [0.29, 0.717) is 30.8 Å². The number of rotatable bonds is 4. The lowest BCUT2D eigenvalue weighted by Crippen LogP contribution is -2.67. The zero-order valence-electron chi connectivity index (χ0n) is 26.6. The topological polar surface area (TPSA) is 101 Å². The first-order valence-corrected chi connectivity index (χ1v) is 15.9. The van der Waals surface area contributed by atoms with Gasteiger partial charge in [0.25, 0.3) is 0 Å². The molecule has 0 amide bonds. The Morgan fingerprint density at radius 1 is 1.02 bits per heavy atom. The first kappa shape index (κ1) is 30.5.